The van der Waals surface area contributed by atoms with Gasteiger partial charge in [-0.15, -0.1) is 0 Å². The van der Waals surface area contributed by atoms with Crippen LogP contribution >= 0.6 is 0 Å². The summed E-state index contributed by atoms with van der Waals surface area (Å²) in [6, 6.07) is 0.878. The number of rotatable bonds is 11. The molecule has 0 aliphatic heterocycles. The van der Waals surface area contributed by atoms with E-state index in [9.17, 15) is 0 Å². The molecule has 1 rings (SSSR count). The molecular formula is C14H31N3. The smallest absolute Gasteiger partial charge is 0.00682 e. The van der Waals surface area contributed by atoms with Crippen molar-refractivity contribution in [2.45, 2.75) is 44.6 Å². The second-order valence-corrected chi connectivity index (χ2v) is 5.75. The predicted octanol–water partition coefficient (Wildman–Crippen LogP) is 1.79. The molecule has 3 heteroatoms. The highest BCUT2D eigenvalue weighted by Gasteiger charge is 2.19. The largest absolute Gasteiger partial charge is 0.314 e. The number of hydrogen-bond acceptors (Lipinski definition) is 3. The summed E-state index contributed by atoms with van der Waals surface area (Å²) in [6.45, 7) is 4.93. The van der Waals surface area contributed by atoms with Gasteiger partial charge in [0.05, 0.1) is 0 Å². The Hall–Kier alpha value is -0.120. The van der Waals surface area contributed by atoms with E-state index in [1.165, 1.54) is 64.7 Å². The second-order valence-electron chi connectivity index (χ2n) is 5.75. The maximum absolute atomic E-state index is 3.57. The zero-order valence-electron chi connectivity index (χ0n) is 12.0. The van der Waals surface area contributed by atoms with Crippen molar-refractivity contribution in [1.29, 1.82) is 0 Å². The van der Waals surface area contributed by atoms with Gasteiger partial charge in [0, 0.05) is 6.04 Å². The summed E-state index contributed by atoms with van der Waals surface area (Å²) in [5, 5.41) is 3.57. The molecule has 0 bridgehead atoms. The summed E-state index contributed by atoms with van der Waals surface area (Å²) in [7, 11) is 6.54. The van der Waals surface area contributed by atoms with Gasteiger partial charge in [0.15, 0.2) is 0 Å². The molecular weight excluding hydrogens is 210 g/mol. The number of nitrogens with one attached hydrogen (secondary N) is 1. The van der Waals surface area contributed by atoms with E-state index in [-0.39, 0.29) is 0 Å². The van der Waals surface area contributed by atoms with Crippen molar-refractivity contribution in [3.05, 3.63) is 0 Å². The van der Waals surface area contributed by atoms with Crippen LogP contribution in [-0.4, -0.2) is 63.2 Å². The van der Waals surface area contributed by atoms with Crippen molar-refractivity contribution in [1.82, 2.24) is 15.1 Å². The fraction of sp³-hybridized carbons (Fsp3) is 1.00. The average molecular weight is 241 g/mol. The molecule has 0 amide bonds. The first-order valence-corrected chi connectivity index (χ1v) is 7.25. The Morgan fingerprint density at radius 1 is 0.882 bits per heavy atom. The van der Waals surface area contributed by atoms with Crippen molar-refractivity contribution >= 4 is 0 Å². The minimum atomic E-state index is 0.878. The van der Waals surface area contributed by atoms with Gasteiger partial charge in [-0.05, 0) is 79.4 Å². The predicted molar refractivity (Wildman–Crippen MR) is 75.5 cm³/mol. The van der Waals surface area contributed by atoms with Gasteiger partial charge in [-0.2, -0.15) is 0 Å². The van der Waals surface area contributed by atoms with Crippen molar-refractivity contribution < 1.29 is 0 Å². The van der Waals surface area contributed by atoms with E-state index >= 15 is 0 Å². The monoisotopic (exact) mass is 241 g/mol. The minimum Gasteiger partial charge on any atom is -0.314 e. The molecule has 1 N–H and O–H groups in total. The fourth-order valence-corrected chi connectivity index (χ4v) is 2.05. The molecule has 0 aromatic rings. The van der Waals surface area contributed by atoms with E-state index in [2.05, 4.69) is 36.3 Å². The standard InChI is InChI=1S/C14H31N3/c1-16(2)11-7-13-17(3)12-6-4-5-10-15-14-8-9-14/h14-15H,4-13H2,1-3H3. The van der Waals surface area contributed by atoms with Crippen LogP contribution in [0.2, 0.25) is 0 Å². The van der Waals surface area contributed by atoms with Gasteiger partial charge in [0.2, 0.25) is 0 Å². The Kier molecular flexibility index (Phi) is 7.82. The lowest BCUT2D eigenvalue weighted by molar-refractivity contribution is 0.294. The van der Waals surface area contributed by atoms with Crippen molar-refractivity contribution in [2.24, 2.45) is 0 Å². The van der Waals surface area contributed by atoms with E-state index in [1.54, 1.807) is 0 Å². The SMILES string of the molecule is CN(C)CCCN(C)CCCCCNC1CC1. The van der Waals surface area contributed by atoms with Crippen LogP contribution in [0.25, 0.3) is 0 Å². The van der Waals surface area contributed by atoms with Crippen LogP contribution in [0.5, 0.6) is 0 Å². The summed E-state index contributed by atoms with van der Waals surface area (Å²) >= 11 is 0. The van der Waals surface area contributed by atoms with Crippen LogP contribution in [-0.2, 0) is 0 Å². The Bertz CT molecular complexity index is 178. The molecule has 0 radical (unpaired) electrons. The van der Waals surface area contributed by atoms with Crippen molar-refractivity contribution in [3.8, 4) is 0 Å². The first-order valence-electron chi connectivity index (χ1n) is 7.25. The van der Waals surface area contributed by atoms with Gasteiger partial charge < -0.3 is 15.1 Å². The fourth-order valence-electron chi connectivity index (χ4n) is 2.05. The Morgan fingerprint density at radius 2 is 1.59 bits per heavy atom. The van der Waals surface area contributed by atoms with Crippen LogP contribution in [0.4, 0.5) is 0 Å². The number of nitrogens with zero attached hydrogens (tertiary/aromatic N) is 2. The van der Waals surface area contributed by atoms with Gasteiger partial charge >= 0.3 is 0 Å². The molecule has 1 fully saturated rings. The maximum atomic E-state index is 3.57. The normalized spacial score (nSPS) is 16.1. The summed E-state index contributed by atoms with van der Waals surface area (Å²) in [6.07, 6.45) is 8.18. The highest BCUT2D eigenvalue weighted by Crippen LogP contribution is 2.18. The first-order chi connectivity index (χ1) is 8.18. The van der Waals surface area contributed by atoms with E-state index in [4.69, 9.17) is 0 Å². The highest BCUT2D eigenvalue weighted by atomic mass is 15.1. The molecule has 17 heavy (non-hydrogen) atoms. The molecule has 0 spiro atoms. The second kappa shape index (κ2) is 8.90. The lowest BCUT2D eigenvalue weighted by Gasteiger charge is -2.17. The molecule has 1 aliphatic rings. The van der Waals surface area contributed by atoms with Crippen LogP contribution in [0.15, 0.2) is 0 Å². The average Bonchev–Trinajstić information content (AvgIpc) is 3.06. The third-order valence-electron chi connectivity index (χ3n) is 3.37. The summed E-state index contributed by atoms with van der Waals surface area (Å²) in [5.74, 6) is 0. The molecule has 0 atom stereocenters. The Balaban J connectivity index is 1.77. The molecule has 0 unspecified atom stereocenters. The molecule has 0 heterocycles. The Morgan fingerprint density at radius 3 is 2.24 bits per heavy atom. The lowest BCUT2D eigenvalue weighted by atomic mass is 10.2. The highest BCUT2D eigenvalue weighted by molar-refractivity contribution is 4.80. The van der Waals surface area contributed by atoms with Crippen molar-refractivity contribution in [2.75, 3.05) is 47.3 Å². The first kappa shape index (κ1) is 14.9. The van der Waals surface area contributed by atoms with Crippen LogP contribution < -0.4 is 5.32 Å². The van der Waals surface area contributed by atoms with E-state index < -0.39 is 0 Å². The van der Waals surface area contributed by atoms with Gasteiger partial charge in [-0.1, -0.05) is 6.42 Å². The summed E-state index contributed by atoms with van der Waals surface area (Å²) < 4.78 is 0. The molecule has 1 saturated carbocycles. The van der Waals surface area contributed by atoms with Gasteiger partial charge in [0.25, 0.3) is 0 Å². The zero-order valence-corrected chi connectivity index (χ0v) is 12.0. The van der Waals surface area contributed by atoms with Gasteiger partial charge in [-0.3, -0.25) is 0 Å². The lowest BCUT2D eigenvalue weighted by Crippen LogP contribution is -2.25. The molecule has 102 valence electrons. The molecule has 1 aliphatic carbocycles. The molecule has 0 saturated heterocycles. The van der Waals surface area contributed by atoms with Crippen molar-refractivity contribution in [3.63, 3.8) is 0 Å². The molecule has 0 aromatic heterocycles. The minimum absolute atomic E-state index is 0.878. The third-order valence-corrected chi connectivity index (χ3v) is 3.37. The quantitative estimate of drug-likeness (QED) is 0.556. The summed E-state index contributed by atoms with van der Waals surface area (Å²) in [5.41, 5.74) is 0. The van der Waals surface area contributed by atoms with Crippen LogP contribution in [0.1, 0.15) is 38.5 Å². The van der Waals surface area contributed by atoms with Gasteiger partial charge in [0.1, 0.15) is 0 Å². The van der Waals surface area contributed by atoms with E-state index in [0.29, 0.717) is 0 Å². The van der Waals surface area contributed by atoms with Crippen LogP contribution in [0, 0.1) is 0 Å². The molecule has 3 nitrogen and oxygen atoms in total. The third kappa shape index (κ3) is 9.57. The van der Waals surface area contributed by atoms with Gasteiger partial charge in [-0.25, -0.2) is 0 Å². The summed E-state index contributed by atoms with van der Waals surface area (Å²) in [4.78, 5) is 4.73. The van der Waals surface area contributed by atoms with Crippen LogP contribution in [0.3, 0.4) is 0 Å². The van der Waals surface area contributed by atoms with E-state index in [1.807, 2.05) is 0 Å². The van der Waals surface area contributed by atoms with E-state index in [0.717, 1.165) is 6.04 Å². The number of hydrogen-bond donors (Lipinski definition) is 1. The maximum Gasteiger partial charge on any atom is 0.00682 e. The Labute approximate surface area is 108 Å². The molecule has 0 aromatic carbocycles. The topological polar surface area (TPSA) is 18.5 Å². The number of unbranched alkanes of at least 4 members (excludes halogenated alkanes) is 2. The zero-order chi connectivity index (χ0) is 12.5.